The normalized spacial score (nSPS) is 30.9. The summed E-state index contributed by atoms with van der Waals surface area (Å²) in [5.74, 6) is 0. The highest BCUT2D eigenvalue weighted by atomic mass is 79.9. The van der Waals surface area contributed by atoms with Gasteiger partial charge in [-0.05, 0) is 19.3 Å². The van der Waals surface area contributed by atoms with Gasteiger partial charge in [0.2, 0.25) is 0 Å². The van der Waals surface area contributed by atoms with Gasteiger partial charge in [0.05, 0.1) is 6.10 Å². The van der Waals surface area contributed by atoms with Gasteiger partial charge in [0, 0.05) is 11.4 Å². The molecule has 1 saturated carbocycles. The zero-order valence-corrected chi connectivity index (χ0v) is 10.2. The Bertz CT molecular complexity index is 125. The van der Waals surface area contributed by atoms with Gasteiger partial charge in [-0.3, -0.25) is 0 Å². The molecule has 2 heteroatoms. The standard InChI is InChI=1S/C11H21BrO/c1-2-9-13-11-8-6-4-3-5-7-10(11)12/h10-11H,2-9H2,1H3. The van der Waals surface area contributed by atoms with Crippen molar-refractivity contribution in [2.24, 2.45) is 0 Å². The molecule has 0 aromatic heterocycles. The summed E-state index contributed by atoms with van der Waals surface area (Å²) in [4.78, 5) is 0.597. The molecule has 0 spiro atoms. The predicted molar refractivity (Wildman–Crippen MR) is 60.4 cm³/mol. The van der Waals surface area contributed by atoms with E-state index < -0.39 is 0 Å². The number of hydrogen-bond acceptors (Lipinski definition) is 1. The van der Waals surface area contributed by atoms with E-state index in [2.05, 4.69) is 22.9 Å². The van der Waals surface area contributed by atoms with Crippen LogP contribution in [0.1, 0.15) is 51.9 Å². The number of alkyl halides is 1. The molecule has 1 aliphatic rings. The maximum Gasteiger partial charge on any atom is 0.0700 e. The first-order chi connectivity index (χ1) is 6.34. The highest BCUT2D eigenvalue weighted by Crippen LogP contribution is 2.25. The van der Waals surface area contributed by atoms with E-state index in [0.717, 1.165) is 13.0 Å². The van der Waals surface area contributed by atoms with Crippen LogP contribution in [-0.2, 0) is 4.74 Å². The molecule has 0 saturated heterocycles. The van der Waals surface area contributed by atoms with Gasteiger partial charge in [-0.15, -0.1) is 0 Å². The van der Waals surface area contributed by atoms with Gasteiger partial charge in [0.25, 0.3) is 0 Å². The summed E-state index contributed by atoms with van der Waals surface area (Å²) in [5.41, 5.74) is 0. The van der Waals surface area contributed by atoms with Crippen molar-refractivity contribution in [1.82, 2.24) is 0 Å². The van der Waals surface area contributed by atoms with Crippen molar-refractivity contribution in [3.63, 3.8) is 0 Å². The van der Waals surface area contributed by atoms with Crippen molar-refractivity contribution >= 4 is 15.9 Å². The Morgan fingerprint density at radius 1 is 1.15 bits per heavy atom. The zero-order chi connectivity index (χ0) is 9.52. The van der Waals surface area contributed by atoms with Crippen LogP contribution in [0.15, 0.2) is 0 Å². The third kappa shape index (κ3) is 4.46. The molecular formula is C11H21BrO. The first-order valence-electron chi connectivity index (χ1n) is 5.60. The van der Waals surface area contributed by atoms with Crippen molar-refractivity contribution in [2.75, 3.05) is 6.61 Å². The van der Waals surface area contributed by atoms with Crippen LogP contribution in [0.2, 0.25) is 0 Å². The monoisotopic (exact) mass is 248 g/mol. The number of ether oxygens (including phenoxy) is 1. The molecule has 2 unspecified atom stereocenters. The Balaban J connectivity index is 2.28. The molecule has 0 bridgehead atoms. The van der Waals surface area contributed by atoms with Crippen LogP contribution in [-0.4, -0.2) is 17.5 Å². The second-order valence-corrected chi connectivity index (χ2v) is 5.09. The van der Waals surface area contributed by atoms with Crippen molar-refractivity contribution < 1.29 is 4.74 Å². The number of rotatable bonds is 3. The topological polar surface area (TPSA) is 9.23 Å². The number of hydrogen-bond donors (Lipinski definition) is 0. The third-order valence-corrected chi connectivity index (χ3v) is 3.71. The first kappa shape index (κ1) is 11.5. The second kappa shape index (κ2) is 6.83. The van der Waals surface area contributed by atoms with Crippen LogP contribution in [0, 0.1) is 0 Å². The van der Waals surface area contributed by atoms with E-state index in [1.165, 1.54) is 38.5 Å². The highest BCUT2D eigenvalue weighted by Gasteiger charge is 2.20. The summed E-state index contributed by atoms with van der Waals surface area (Å²) in [6.07, 6.45) is 9.65. The molecular weight excluding hydrogens is 228 g/mol. The molecule has 0 radical (unpaired) electrons. The van der Waals surface area contributed by atoms with Crippen LogP contribution in [0.5, 0.6) is 0 Å². The van der Waals surface area contributed by atoms with Crippen LogP contribution < -0.4 is 0 Å². The molecule has 0 N–H and O–H groups in total. The molecule has 2 atom stereocenters. The van der Waals surface area contributed by atoms with E-state index in [4.69, 9.17) is 4.74 Å². The fourth-order valence-electron chi connectivity index (χ4n) is 1.86. The Labute approximate surface area is 90.4 Å². The van der Waals surface area contributed by atoms with E-state index in [1.54, 1.807) is 0 Å². The molecule has 1 fully saturated rings. The molecule has 0 amide bonds. The Hall–Kier alpha value is 0.440. The summed E-state index contributed by atoms with van der Waals surface area (Å²) in [6.45, 7) is 3.10. The largest absolute Gasteiger partial charge is 0.377 e. The lowest BCUT2D eigenvalue weighted by atomic mass is 9.98. The minimum Gasteiger partial charge on any atom is -0.377 e. The molecule has 0 heterocycles. The van der Waals surface area contributed by atoms with E-state index in [0.29, 0.717) is 10.9 Å². The van der Waals surface area contributed by atoms with Crippen LogP contribution >= 0.6 is 15.9 Å². The SMILES string of the molecule is CCCOC1CCCCCCC1Br. The molecule has 1 nitrogen and oxygen atoms in total. The summed E-state index contributed by atoms with van der Waals surface area (Å²) in [5, 5.41) is 0. The maximum absolute atomic E-state index is 5.83. The minimum atomic E-state index is 0.472. The average Bonchev–Trinajstić information content (AvgIpc) is 2.11. The number of halogens is 1. The third-order valence-electron chi connectivity index (χ3n) is 2.66. The van der Waals surface area contributed by atoms with E-state index >= 15 is 0 Å². The molecule has 13 heavy (non-hydrogen) atoms. The van der Waals surface area contributed by atoms with Gasteiger partial charge in [0.15, 0.2) is 0 Å². The maximum atomic E-state index is 5.83. The average molecular weight is 249 g/mol. The van der Waals surface area contributed by atoms with Gasteiger partial charge < -0.3 is 4.74 Å². The summed E-state index contributed by atoms with van der Waals surface area (Å²) in [7, 11) is 0. The highest BCUT2D eigenvalue weighted by molar-refractivity contribution is 9.09. The molecule has 78 valence electrons. The van der Waals surface area contributed by atoms with Crippen LogP contribution in [0.25, 0.3) is 0 Å². The zero-order valence-electron chi connectivity index (χ0n) is 8.60. The smallest absolute Gasteiger partial charge is 0.0700 e. The second-order valence-electron chi connectivity index (χ2n) is 3.92. The van der Waals surface area contributed by atoms with E-state index in [9.17, 15) is 0 Å². The van der Waals surface area contributed by atoms with Crippen molar-refractivity contribution in [1.29, 1.82) is 0 Å². The lowest BCUT2D eigenvalue weighted by Gasteiger charge is -2.25. The van der Waals surface area contributed by atoms with Gasteiger partial charge in [0.1, 0.15) is 0 Å². The van der Waals surface area contributed by atoms with Gasteiger partial charge in [-0.25, -0.2) is 0 Å². The Kier molecular flexibility index (Phi) is 6.05. The Morgan fingerprint density at radius 2 is 1.85 bits per heavy atom. The quantitative estimate of drug-likeness (QED) is 0.689. The molecule has 0 aromatic rings. The summed E-state index contributed by atoms with van der Waals surface area (Å²) >= 11 is 3.74. The molecule has 0 aromatic carbocycles. The van der Waals surface area contributed by atoms with Crippen molar-refractivity contribution in [2.45, 2.75) is 62.8 Å². The molecule has 1 aliphatic carbocycles. The summed E-state index contributed by atoms with van der Waals surface area (Å²) < 4.78 is 5.83. The van der Waals surface area contributed by atoms with Crippen molar-refractivity contribution in [3.8, 4) is 0 Å². The van der Waals surface area contributed by atoms with Gasteiger partial charge >= 0.3 is 0 Å². The fraction of sp³-hybridized carbons (Fsp3) is 1.00. The minimum absolute atomic E-state index is 0.472. The molecule has 1 rings (SSSR count). The van der Waals surface area contributed by atoms with Crippen molar-refractivity contribution in [3.05, 3.63) is 0 Å². The fourth-order valence-corrected chi connectivity index (χ4v) is 2.60. The van der Waals surface area contributed by atoms with E-state index in [1.807, 2.05) is 0 Å². The lowest BCUT2D eigenvalue weighted by Crippen LogP contribution is -2.26. The van der Waals surface area contributed by atoms with Crippen LogP contribution in [0.3, 0.4) is 0 Å². The summed E-state index contributed by atoms with van der Waals surface area (Å²) in [6, 6.07) is 0. The van der Waals surface area contributed by atoms with Crippen LogP contribution in [0.4, 0.5) is 0 Å². The first-order valence-corrected chi connectivity index (χ1v) is 6.52. The van der Waals surface area contributed by atoms with Gasteiger partial charge in [-0.2, -0.15) is 0 Å². The Morgan fingerprint density at radius 3 is 2.54 bits per heavy atom. The molecule has 0 aliphatic heterocycles. The van der Waals surface area contributed by atoms with E-state index in [-0.39, 0.29) is 0 Å². The van der Waals surface area contributed by atoms with Gasteiger partial charge in [-0.1, -0.05) is 48.5 Å². The lowest BCUT2D eigenvalue weighted by molar-refractivity contribution is 0.0415. The predicted octanol–water partition coefficient (Wildman–Crippen LogP) is 3.90.